The summed E-state index contributed by atoms with van der Waals surface area (Å²) in [6.07, 6.45) is -0.0429. The maximum atomic E-state index is 13.5. The smallest absolute Gasteiger partial charge is 0.370 e. The zero-order valence-electron chi connectivity index (χ0n) is 19.6. The van der Waals surface area contributed by atoms with Crippen molar-refractivity contribution in [3.05, 3.63) is 47.3 Å². The van der Waals surface area contributed by atoms with Crippen LogP contribution in [0.25, 0.3) is 0 Å². The van der Waals surface area contributed by atoms with E-state index < -0.39 is 28.6 Å². The van der Waals surface area contributed by atoms with E-state index in [0.717, 1.165) is 11.6 Å². The topological polar surface area (TPSA) is 94.3 Å². The molecule has 2 saturated heterocycles. The summed E-state index contributed by atoms with van der Waals surface area (Å²) in [5, 5.41) is 15.9. The normalized spacial score (nSPS) is 19.6. The molecule has 11 heteroatoms. The number of halogens is 3. The molecule has 0 radical (unpaired) electrons. The summed E-state index contributed by atoms with van der Waals surface area (Å²) in [6, 6.07) is 5.27. The van der Waals surface area contributed by atoms with Gasteiger partial charge in [-0.25, -0.2) is 0 Å². The van der Waals surface area contributed by atoms with E-state index in [0.29, 0.717) is 38.2 Å². The lowest BCUT2D eigenvalue weighted by molar-refractivity contribution is -0.138. The van der Waals surface area contributed by atoms with E-state index in [2.05, 4.69) is 10.4 Å². The lowest BCUT2D eigenvalue weighted by atomic mass is 9.70. The van der Waals surface area contributed by atoms with Crippen molar-refractivity contribution < 1.29 is 22.8 Å². The summed E-state index contributed by atoms with van der Waals surface area (Å²) < 4.78 is 42.1. The summed E-state index contributed by atoms with van der Waals surface area (Å²) in [7, 11) is 1.55. The Hall–Kier alpha value is -3.55. The van der Waals surface area contributed by atoms with Crippen molar-refractivity contribution in [3.63, 3.8) is 0 Å². The number of amides is 2. The Morgan fingerprint density at radius 3 is 2.57 bits per heavy atom. The Morgan fingerprint density at radius 2 is 2.00 bits per heavy atom. The second-order valence-electron chi connectivity index (χ2n) is 9.35. The van der Waals surface area contributed by atoms with Crippen molar-refractivity contribution in [3.8, 4) is 6.07 Å². The van der Waals surface area contributed by atoms with Crippen LogP contribution in [-0.2, 0) is 22.3 Å². The number of carbonyl (C=O) groups excluding carboxylic acids is 2. The molecule has 8 nitrogen and oxygen atoms in total. The maximum absolute atomic E-state index is 13.5. The molecule has 2 amide bonds. The SMILES string of the molecule is CNC(=O)C1CN(c2ccc(C#N)c(C(F)(F)F)c2)CC12CCN(C(=O)Cn1cc(C)cn1)CC2. The molecule has 1 aromatic heterocycles. The number of aryl methyl sites for hydroxylation is 1. The number of aromatic nitrogens is 2. The summed E-state index contributed by atoms with van der Waals surface area (Å²) in [4.78, 5) is 29.1. The average molecular weight is 489 g/mol. The number of alkyl halides is 3. The van der Waals surface area contributed by atoms with Crippen molar-refractivity contribution >= 4 is 17.5 Å². The number of likely N-dealkylation sites (tertiary alicyclic amines) is 1. The van der Waals surface area contributed by atoms with Crippen LogP contribution in [-0.4, -0.2) is 59.7 Å². The van der Waals surface area contributed by atoms with Crippen LogP contribution in [0.4, 0.5) is 18.9 Å². The standard InChI is InChI=1S/C24H27F3N6O2/c1-16-11-30-33(12-16)14-21(34)31-7-5-23(6-8-31)15-32(13-20(23)22(35)29-2)18-4-3-17(10-28)19(9-18)24(25,26)27/h3-4,9,11-12,20H,5-8,13-15H2,1-2H3,(H,29,35). The lowest BCUT2D eigenvalue weighted by Gasteiger charge is -2.42. The third-order valence-electron chi connectivity index (χ3n) is 7.18. The highest BCUT2D eigenvalue weighted by molar-refractivity contribution is 5.81. The zero-order valence-corrected chi connectivity index (χ0v) is 19.6. The molecule has 1 N–H and O–H groups in total. The first-order chi connectivity index (χ1) is 16.6. The number of nitrogens with one attached hydrogen (secondary N) is 1. The van der Waals surface area contributed by atoms with Crippen molar-refractivity contribution in [2.75, 3.05) is 38.1 Å². The predicted octanol–water partition coefficient (Wildman–Crippen LogP) is 2.57. The Balaban J connectivity index is 1.53. The molecule has 1 atom stereocenters. The fraction of sp³-hybridized carbons (Fsp3) is 0.500. The summed E-state index contributed by atoms with van der Waals surface area (Å²) in [5.74, 6) is -0.649. The Bertz CT molecular complexity index is 1160. The second kappa shape index (κ2) is 9.24. The molecule has 186 valence electrons. The van der Waals surface area contributed by atoms with Gasteiger partial charge in [-0.15, -0.1) is 0 Å². The molecule has 2 fully saturated rings. The van der Waals surface area contributed by atoms with E-state index in [4.69, 9.17) is 5.26 Å². The van der Waals surface area contributed by atoms with Gasteiger partial charge >= 0.3 is 6.18 Å². The van der Waals surface area contributed by atoms with Crippen LogP contribution < -0.4 is 10.2 Å². The van der Waals surface area contributed by atoms with Gasteiger partial charge in [0.25, 0.3) is 0 Å². The average Bonchev–Trinajstić information content (AvgIpc) is 3.41. The first kappa shape index (κ1) is 24.6. The van der Waals surface area contributed by atoms with Crippen molar-refractivity contribution in [2.24, 2.45) is 11.3 Å². The third-order valence-corrected chi connectivity index (χ3v) is 7.18. The van der Waals surface area contributed by atoms with Gasteiger partial charge in [-0.05, 0) is 43.5 Å². The van der Waals surface area contributed by atoms with Crippen molar-refractivity contribution in [2.45, 2.75) is 32.5 Å². The molecule has 0 bridgehead atoms. The first-order valence-corrected chi connectivity index (χ1v) is 11.4. The van der Waals surface area contributed by atoms with Crippen LogP contribution in [0.1, 0.15) is 29.5 Å². The van der Waals surface area contributed by atoms with E-state index in [1.165, 1.54) is 12.1 Å². The third kappa shape index (κ3) is 4.83. The van der Waals surface area contributed by atoms with Gasteiger partial charge < -0.3 is 15.1 Å². The van der Waals surface area contributed by atoms with Crippen LogP contribution in [0.2, 0.25) is 0 Å². The van der Waals surface area contributed by atoms with Crippen LogP contribution in [0, 0.1) is 29.6 Å². The largest absolute Gasteiger partial charge is 0.417 e. The minimum Gasteiger partial charge on any atom is -0.370 e. The van der Waals surface area contributed by atoms with E-state index >= 15 is 0 Å². The van der Waals surface area contributed by atoms with Gasteiger partial charge in [-0.1, -0.05) is 0 Å². The molecule has 0 aliphatic carbocycles. The molecular formula is C24H27F3N6O2. The van der Waals surface area contributed by atoms with Gasteiger partial charge in [0.2, 0.25) is 11.8 Å². The van der Waals surface area contributed by atoms with Crippen molar-refractivity contribution in [1.82, 2.24) is 20.0 Å². The monoisotopic (exact) mass is 488 g/mol. The van der Waals surface area contributed by atoms with E-state index in [1.54, 1.807) is 40.0 Å². The molecule has 35 heavy (non-hydrogen) atoms. The summed E-state index contributed by atoms with van der Waals surface area (Å²) >= 11 is 0. The molecule has 0 saturated carbocycles. The zero-order chi connectivity index (χ0) is 25.4. The molecule has 1 unspecified atom stereocenters. The molecular weight excluding hydrogens is 461 g/mol. The molecule has 2 aliphatic heterocycles. The van der Waals surface area contributed by atoms with Crippen molar-refractivity contribution in [1.29, 1.82) is 5.26 Å². The number of hydrogen-bond donors (Lipinski definition) is 1. The van der Waals surface area contributed by atoms with Crippen LogP contribution >= 0.6 is 0 Å². The number of benzene rings is 1. The second-order valence-corrected chi connectivity index (χ2v) is 9.35. The van der Waals surface area contributed by atoms with Gasteiger partial charge in [-0.2, -0.15) is 23.5 Å². The highest BCUT2D eigenvalue weighted by atomic mass is 19.4. The number of anilines is 1. The number of hydrogen-bond acceptors (Lipinski definition) is 5. The number of rotatable bonds is 4. The highest BCUT2D eigenvalue weighted by Gasteiger charge is 2.51. The lowest BCUT2D eigenvalue weighted by Crippen LogP contribution is -2.50. The minimum absolute atomic E-state index is 0.0591. The Kier molecular flexibility index (Phi) is 6.49. The highest BCUT2D eigenvalue weighted by Crippen LogP contribution is 2.47. The van der Waals surface area contributed by atoms with E-state index in [1.807, 2.05) is 6.92 Å². The molecule has 1 aromatic carbocycles. The van der Waals surface area contributed by atoms with E-state index in [9.17, 15) is 22.8 Å². The summed E-state index contributed by atoms with van der Waals surface area (Å²) in [5.41, 5.74) is -0.590. The molecule has 4 rings (SSSR count). The molecule has 2 aromatic rings. The quantitative estimate of drug-likeness (QED) is 0.714. The van der Waals surface area contributed by atoms with Gasteiger partial charge in [0.15, 0.2) is 0 Å². The number of carbonyl (C=O) groups is 2. The number of piperidine rings is 1. The van der Waals surface area contributed by atoms with Crippen LogP contribution in [0.15, 0.2) is 30.6 Å². The van der Waals surface area contributed by atoms with Gasteiger partial charge in [0, 0.05) is 50.5 Å². The molecule has 2 aliphatic rings. The van der Waals surface area contributed by atoms with Gasteiger partial charge in [0.1, 0.15) is 6.54 Å². The molecule has 1 spiro atoms. The fourth-order valence-corrected chi connectivity index (χ4v) is 5.26. The summed E-state index contributed by atoms with van der Waals surface area (Å²) in [6.45, 7) is 3.62. The predicted molar refractivity (Wildman–Crippen MR) is 121 cm³/mol. The van der Waals surface area contributed by atoms with Gasteiger partial charge in [0.05, 0.1) is 29.3 Å². The maximum Gasteiger partial charge on any atom is 0.417 e. The minimum atomic E-state index is -4.66. The number of nitrogens with zero attached hydrogens (tertiary/aromatic N) is 5. The Labute approximate surface area is 201 Å². The number of nitriles is 1. The van der Waals surface area contributed by atoms with Crippen LogP contribution in [0.5, 0.6) is 0 Å². The van der Waals surface area contributed by atoms with E-state index in [-0.39, 0.29) is 24.9 Å². The fourth-order valence-electron chi connectivity index (χ4n) is 5.26. The Morgan fingerprint density at radius 1 is 1.29 bits per heavy atom. The van der Waals surface area contributed by atoms with Gasteiger partial charge in [-0.3, -0.25) is 14.3 Å². The first-order valence-electron chi connectivity index (χ1n) is 11.4. The van der Waals surface area contributed by atoms with Crippen LogP contribution in [0.3, 0.4) is 0 Å². The molecule has 3 heterocycles.